The fourth-order valence-electron chi connectivity index (χ4n) is 3.79. The zero-order valence-corrected chi connectivity index (χ0v) is 20.1. The number of thiazole rings is 1. The molecule has 1 fully saturated rings. The summed E-state index contributed by atoms with van der Waals surface area (Å²) < 4.78 is 34.3. The number of ether oxygens (including phenoxy) is 1. The summed E-state index contributed by atoms with van der Waals surface area (Å²) in [6, 6.07) is 7.85. The molecule has 1 amide bonds. The number of hydrogen-bond donors (Lipinski definition) is 1. The van der Waals surface area contributed by atoms with E-state index in [1.165, 1.54) is 50.3 Å². The molecule has 1 aliphatic heterocycles. The predicted molar refractivity (Wildman–Crippen MR) is 130 cm³/mol. The van der Waals surface area contributed by atoms with Crippen molar-refractivity contribution in [1.82, 2.24) is 4.98 Å². The summed E-state index contributed by atoms with van der Waals surface area (Å²) in [6.45, 7) is 6.49. The zero-order chi connectivity index (χ0) is 26.1. The van der Waals surface area contributed by atoms with E-state index in [2.05, 4.69) is 11.6 Å². The second-order valence-corrected chi connectivity index (χ2v) is 8.93. The van der Waals surface area contributed by atoms with Gasteiger partial charge in [0, 0.05) is 11.1 Å². The molecule has 184 valence electrons. The van der Waals surface area contributed by atoms with Gasteiger partial charge in [0.05, 0.1) is 11.3 Å². The number of ketones is 1. The van der Waals surface area contributed by atoms with Gasteiger partial charge >= 0.3 is 11.9 Å². The molecule has 1 aromatic heterocycles. The fourth-order valence-corrected chi connectivity index (χ4v) is 4.78. The number of anilines is 1. The van der Waals surface area contributed by atoms with Crippen LogP contribution in [0, 0.1) is 25.5 Å². The lowest BCUT2D eigenvalue weighted by molar-refractivity contribution is -0.132. The number of hydrogen-bond acceptors (Lipinski definition) is 7. The Labute approximate surface area is 209 Å². The first kappa shape index (κ1) is 24.9. The predicted octanol–water partition coefficient (Wildman–Crippen LogP) is 5.01. The molecule has 0 spiro atoms. The summed E-state index contributed by atoms with van der Waals surface area (Å²) in [6.07, 6.45) is 1.39. The Morgan fingerprint density at radius 3 is 2.58 bits per heavy atom. The van der Waals surface area contributed by atoms with E-state index >= 15 is 0 Å². The average molecular weight is 511 g/mol. The molecular formula is C26H20F2N2O5S. The molecule has 4 rings (SSSR count). The average Bonchev–Trinajstić information content (AvgIpc) is 3.36. The van der Waals surface area contributed by atoms with Crippen LogP contribution in [0.15, 0.2) is 60.7 Å². The van der Waals surface area contributed by atoms with Crippen LogP contribution < -0.4 is 4.90 Å². The lowest BCUT2D eigenvalue weighted by Gasteiger charge is -2.23. The summed E-state index contributed by atoms with van der Waals surface area (Å²) in [5.74, 6) is -4.93. The molecule has 2 aromatic carbocycles. The number of halogens is 2. The third-order valence-corrected chi connectivity index (χ3v) is 6.74. The monoisotopic (exact) mass is 510 g/mol. The highest BCUT2D eigenvalue weighted by atomic mass is 32.1. The van der Waals surface area contributed by atoms with Crippen molar-refractivity contribution in [2.45, 2.75) is 19.9 Å². The van der Waals surface area contributed by atoms with E-state index in [4.69, 9.17) is 4.74 Å². The highest BCUT2D eigenvalue weighted by molar-refractivity contribution is 7.17. The van der Waals surface area contributed by atoms with Crippen LogP contribution in [0.25, 0.3) is 5.76 Å². The summed E-state index contributed by atoms with van der Waals surface area (Å²) in [5, 5.41) is 11.0. The molecular weight excluding hydrogens is 490 g/mol. The number of nitrogens with zero attached hydrogens (tertiary/aromatic N) is 2. The zero-order valence-electron chi connectivity index (χ0n) is 19.2. The Balaban J connectivity index is 1.91. The van der Waals surface area contributed by atoms with Gasteiger partial charge in [0.2, 0.25) is 0 Å². The molecule has 7 nitrogen and oxygen atoms in total. The van der Waals surface area contributed by atoms with E-state index in [1.54, 1.807) is 0 Å². The number of rotatable bonds is 6. The van der Waals surface area contributed by atoms with Crippen LogP contribution in [-0.2, 0) is 14.3 Å². The quantitative estimate of drug-likeness (QED) is 0.165. The third-order valence-electron chi connectivity index (χ3n) is 5.60. The number of carbonyl (C=O) groups excluding carboxylic acids is 3. The molecule has 0 aliphatic carbocycles. The maximum absolute atomic E-state index is 15.0. The largest absolute Gasteiger partial charge is 0.507 e. The van der Waals surface area contributed by atoms with Crippen LogP contribution in [0.1, 0.15) is 38.1 Å². The second-order valence-electron chi connectivity index (χ2n) is 7.95. The van der Waals surface area contributed by atoms with Crippen LogP contribution in [0.2, 0.25) is 0 Å². The van der Waals surface area contributed by atoms with Crippen molar-refractivity contribution in [3.63, 3.8) is 0 Å². The van der Waals surface area contributed by atoms with Crippen LogP contribution in [0.4, 0.5) is 13.9 Å². The molecule has 0 saturated carbocycles. The second kappa shape index (κ2) is 9.82. The summed E-state index contributed by atoms with van der Waals surface area (Å²) in [7, 11) is 0. The van der Waals surface area contributed by atoms with E-state index in [-0.39, 0.29) is 33.4 Å². The number of Topliss-reactive ketones (excluding diaryl/α,β-unsaturated/α-hetero) is 1. The highest BCUT2D eigenvalue weighted by Gasteiger charge is 2.49. The maximum atomic E-state index is 15.0. The molecule has 1 saturated heterocycles. The Bertz CT molecular complexity index is 1450. The lowest BCUT2D eigenvalue weighted by Crippen LogP contribution is -2.29. The fraction of sp³-hybridized carbons (Fsp3) is 0.154. The Morgan fingerprint density at radius 2 is 1.92 bits per heavy atom. The first-order chi connectivity index (χ1) is 17.1. The minimum Gasteiger partial charge on any atom is -0.507 e. The van der Waals surface area contributed by atoms with Crippen LogP contribution in [-0.4, -0.2) is 34.4 Å². The normalized spacial score (nSPS) is 16.9. The number of aliphatic hydroxyl groups is 1. The molecule has 1 N–H and O–H groups in total. The molecule has 1 unspecified atom stereocenters. The minimum absolute atomic E-state index is 0.0433. The van der Waals surface area contributed by atoms with Crippen LogP contribution in [0.3, 0.4) is 0 Å². The molecule has 36 heavy (non-hydrogen) atoms. The molecule has 3 aromatic rings. The maximum Gasteiger partial charge on any atom is 0.350 e. The molecule has 0 radical (unpaired) electrons. The first-order valence-electron chi connectivity index (χ1n) is 10.7. The summed E-state index contributed by atoms with van der Waals surface area (Å²) in [5.41, 5.74) is -0.0291. The number of aromatic nitrogens is 1. The standard InChI is InChI=1S/C26H20F2N2O5S/c1-4-11-35-25(34)23-14(3)29-26(36-23)30-20(16-7-5-6-8-17(16)27)19(22(32)24(30)33)21(31)15-10-9-13(2)18(28)12-15/h4-10,12,20,31H,1,11H2,2-3H3/b21-19-. The smallest absolute Gasteiger partial charge is 0.350 e. The Hall–Kier alpha value is -4.18. The number of benzene rings is 2. The number of aryl methyl sites for hydroxylation is 2. The summed E-state index contributed by atoms with van der Waals surface area (Å²) >= 11 is 0.786. The van der Waals surface area contributed by atoms with Gasteiger partial charge in [0.15, 0.2) is 5.13 Å². The molecule has 2 heterocycles. The van der Waals surface area contributed by atoms with E-state index in [0.717, 1.165) is 28.4 Å². The van der Waals surface area contributed by atoms with E-state index < -0.39 is 46.7 Å². The van der Waals surface area contributed by atoms with Crippen molar-refractivity contribution in [3.05, 3.63) is 99.6 Å². The number of amides is 1. The van der Waals surface area contributed by atoms with Gasteiger partial charge in [-0.2, -0.15) is 0 Å². The van der Waals surface area contributed by atoms with Crippen LogP contribution in [0.5, 0.6) is 0 Å². The van der Waals surface area contributed by atoms with Gasteiger partial charge in [-0.3, -0.25) is 14.5 Å². The van der Waals surface area contributed by atoms with Gasteiger partial charge < -0.3 is 9.84 Å². The first-order valence-corrected chi connectivity index (χ1v) is 11.5. The third kappa shape index (κ3) is 4.31. The Morgan fingerprint density at radius 1 is 1.19 bits per heavy atom. The van der Waals surface area contributed by atoms with Crippen molar-refractivity contribution in [3.8, 4) is 0 Å². The van der Waals surface area contributed by atoms with Gasteiger partial charge in [-0.15, -0.1) is 0 Å². The number of esters is 1. The van der Waals surface area contributed by atoms with E-state index in [0.29, 0.717) is 5.56 Å². The van der Waals surface area contributed by atoms with Crippen molar-refractivity contribution in [1.29, 1.82) is 0 Å². The molecule has 1 atom stereocenters. The minimum atomic E-state index is -1.42. The van der Waals surface area contributed by atoms with Crippen molar-refractivity contribution in [2.24, 2.45) is 0 Å². The van der Waals surface area contributed by atoms with Crippen molar-refractivity contribution >= 4 is 39.9 Å². The molecule has 10 heteroatoms. The number of aliphatic hydroxyl groups excluding tert-OH is 1. The van der Waals surface area contributed by atoms with Gasteiger partial charge in [-0.1, -0.05) is 54.3 Å². The molecule has 1 aliphatic rings. The number of carbonyl (C=O) groups is 3. The topological polar surface area (TPSA) is 96.8 Å². The van der Waals surface area contributed by atoms with Crippen molar-refractivity contribution in [2.75, 3.05) is 11.5 Å². The van der Waals surface area contributed by atoms with Crippen molar-refractivity contribution < 1.29 is 33.0 Å². The van der Waals surface area contributed by atoms with Gasteiger partial charge in [0.25, 0.3) is 5.78 Å². The Kier molecular flexibility index (Phi) is 6.80. The van der Waals surface area contributed by atoms with Gasteiger partial charge in [0.1, 0.15) is 34.9 Å². The summed E-state index contributed by atoms with van der Waals surface area (Å²) in [4.78, 5) is 44.1. The van der Waals surface area contributed by atoms with E-state index in [9.17, 15) is 28.3 Å². The van der Waals surface area contributed by atoms with Crippen LogP contribution >= 0.6 is 11.3 Å². The van der Waals surface area contributed by atoms with Gasteiger partial charge in [-0.05, 0) is 31.5 Å². The SMILES string of the molecule is C=CCOC(=O)c1sc(N2C(=O)C(=O)/C(=C(\O)c3ccc(C)c(F)c3)C2c2ccccc2F)nc1C. The molecule has 0 bridgehead atoms. The highest BCUT2D eigenvalue weighted by Crippen LogP contribution is 2.44. The lowest BCUT2D eigenvalue weighted by atomic mass is 9.94. The van der Waals surface area contributed by atoms with Gasteiger partial charge in [-0.25, -0.2) is 18.6 Å². The van der Waals surface area contributed by atoms with E-state index in [1.807, 2.05) is 0 Å².